The number of piperazine rings is 1. The van der Waals surface area contributed by atoms with Gasteiger partial charge in [-0.3, -0.25) is 9.88 Å². The lowest BCUT2D eigenvalue weighted by Gasteiger charge is -2.34. The highest BCUT2D eigenvalue weighted by atomic mass is 19.1. The Morgan fingerprint density at radius 3 is 2.62 bits per heavy atom. The number of nitrogens with zero attached hydrogens (tertiary/aromatic N) is 3. The molecule has 1 fully saturated rings. The van der Waals surface area contributed by atoms with Crippen molar-refractivity contribution >= 4 is 23.5 Å². The minimum Gasteiger partial charge on any atom is -0.447 e. The van der Waals surface area contributed by atoms with Gasteiger partial charge in [-0.05, 0) is 25.1 Å². The lowest BCUT2D eigenvalue weighted by atomic mass is 10.1. The topological polar surface area (TPSA) is 96.0 Å². The van der Waals surface area contributed by atoms with Crippen molar-refractivity contribution in [3.8, 4) is 0 Å². The summed E-state index contributed by atoms with van der Waals surface area (Å²) >= 11 is 0. The number of rotatable bonds is 7. The Morgan fingerprint density at radius 2 is 1.91 bits per heavy atom. The lowest BCUT2D eigenvalue weighted by Crippen LogP contribution is -2.48. The second-order valence-corrected chi connectivity index (χ2v) is 7.41. The summed E-state index contributed by atoms with van der Waals surface area (Å²) in [6.45, 7) is 4.95. The van der Waals surface area contributed by atoms with Crippen molar-refractivity contribution in [1.82, 2.24) is 14.8 Å². The maximum Gasteiger partial charge on any atom is 0.409 e. The van der Waals surface area contributed by atoms with Crippen LogP contribution in [-0.2, 0) is 16.0 Å². The average molecular weight is 445 g/mol. The number of methoxy groups -OCH3 is 1. The smallest absolute Gasteiger partial charge is 0.409 e. The summed E-state index contributed by atoms with van der Waals surface area (Å²) in [5.41, 5.74) is 1.91. The van der Waals surface area contributed by atoms with Crippen molar-refractivity contribution in [1.29, 1.82) is 0 Å². The Kier molecular flexibility index (Phi) is 8.34. The fraction of sp³-hybridized carbons (Fsp3) is 0.409. The van der Waals surface area contributed by atoms with Crippen molar-refractivity contribution in [2.24, 2.45) is 0 Å². The molecule has 10 heteroatoms. The monoisotopic (exact) mass is 445 g/mol. The number of benzene rings is 1. The number of pyridine rings is 1. The number of aromatic nitrogens is 1. The number of halogens is 1. The zero-order valence-electron chi connectivity index (χ0n) is 18.3. The number of carbonyl (C=O) groups excluding carboxylic acids is 2. The maximum absolute atomic E-state index is 15.0. The fourth-order valence-electron chi connectivity index (χ4n) is 3.34. The number of hydrogen-bond donors (Lipinski definition) is 2. The first-order valence-corrected chi connectivity index (χ1v) is 10.4. The van der Waals surface area contributed by atoms with Crippen LogP contribution in [0.15, 0.2) is 36.5 Å². The van der Waals surface area contributed by atoms with Gasteiger partial charge in [0.1, 0.15) is 6.61 Å². The van der Waals surface area contributed by atoms with Crippen LogP contribution in [0, 0.1) is 12.7 Å². The predicted octanol–water partition coefficient (Wildman–Crippen LogP) is 3.07. The molecule has 1 saturated heterocycles. The van der Waals surface area contributed by atoms with Crippen LogP contribution < -0.4 is 10.6 Å². The van der Waals surface area contributed by atoms with Crippen LogP contribution in [0.5, 0.6) is 0 Å². The van der Waals surface area contributed by atoms with Gasteiger partial charge in [0.2, 0.25) is 0 Å². The minimum atomic E-state index is -0.535. The molecule has 1 aliphatic rings. The molecule has 9 nitrogen and oxygen atoms in total. The van der Waals surface area contributed by atoms with Gasteiger partial charge in [-0.25, -0.2) is 14.0 Å². The molecule has 0 spiro atoms. The first-order chi connectivity index (χ1) is 15.5. The van der Waals surface area contributed by atoms with Crippen LogP contribution in [0.4, 0.5) is 25.4 Å². The summed E-state index contributed by atoms with van der Waals surface area (Å²) in [7, 11) is 1.55. The summed E-state index contributed by atoms with van der Waals surface area (Å²) < 4.78 is 25.0. The normalized spacial score (nSPS) is 14.2. The van der Waals surface area contributed by atoms with E-state index in [0.717, 1.165) is 5.69 Å². The quantitative estimate of drug-likeness (QED) is 0.636. The Bertz CT molecular complexity index is 934. The first-order valence-electron chi connectivity index (χ1n) is 10.4. The van der Waals surface area contributed by atoms with Crippen molar-refractivity contribution in [3.05, 3.63) is 53.6 Å². The highest BCUT2D eigenvalue weighted by Crippen LogP contribution is 2.21. The summed E-state index contributed by atoms with van der Waals surface area (Å²) in [5, 5.41) is 5.23. The van der Waals surface area contributed by atoms with Crippen molar-refractivity contribution in [2.45, 2.75) is 13.5 Å². The van der Waals surface area contributed by atoms with Crippen LogP contribution in [0.1, 0.15) is 11.3 Å². The van der Waals surface area contributed by atoms with Crippen molar-refractivity contribution in [3.63, 3.8) is 0 Å². The maximum atomic E-state index is 15.0. The number of aryl methyl sites for hydroxylation is 1. The molecule has 3 amide bonds. The molecule has 1 aromatic heterocycles. The van der Waals surface area contributed by atoms with E-state index in [1.54, 1.807) is 42.5 Å². The molecule has 2 N–H and O–H groups in total. The van der Waals surface area contributed by atoms with Crippen molar-refractivity contribution in [2.75, 3.05) is 57.1 Å². The van der Waals surface area contributed by atoms with E-state index in [9.17, 15) is 14.0 Å². The van der Waals surface area contributed by atoms with Crippen molar-refractivity contribution < 1.29 is 23.5 Å². The Hall–Kier alpha value is -3.24. The molecule has 0 bridgehead atoms. The van der Waals surface area contributed by atoms with Gasteiger partial charge in [-0.2, -0.15) is 0 Å². The number of anilines is 2. The zero-order valence-corrected chi connectivity index (χ0v) is 18.3. The number of carbonyl (C=O) groups is 2. The minimum absolute atomic E-state index is 0.103. The van der Waals surface area contributed by atoms with E-state index in [0.29, 0.717) is 50.6 Å². The molecule has 0 aliphatic carbocycles. The predicted molar refractivity (Wildman–Crippen MR) is 118 cm³/mol. The molecular formula is C22H28FN5O4. The highest BCUT2D eigenvalue weighted by molar-refractivity contribution is 5.99. The molecule has 0 radical (unpaired) electrons. The summed E-state index contributed by atoms with van der Waals surface area (Å²) in [6, 6.07) is 7.76. The molecule has 172 valence electrons. The lowest BCUT2D eigenvalue weighted by molar-refractivity contribution is 0.0550. The number of hydrogen-bond acceptors (Lipinski definition) is 6. The van der Waals surface area contributed by atoms with Gasteiger partial charge in [-0.15, -0.1) is 0 Å². The largest absolute Gasteiger partial charge is 0.447 e. The number of urea groups is 1. The van der Waals surface area contributed by atoms with Crippen LogP contribution in [0.2, 0.25) is 0 Å². The first kappa shape index (κ1) is 23.4. The molecule has 1 aromatic carbocycles. The summed E-state index contributed by atoms with van der Waals surface area (Å²) in [5.74, 6) is -0.477. The second kappa shape index (κ2) is 11.4. The molecule has 0 unspecified atom stereocenters. The van der Waals surface area contributed by atoms with Crippen LogP contribution in [0.25, 0.3) is 0 Å². The molecule has 2 heterocycles. The molecule has 0 atom stereocenters. The van der Waals surface area contributed by atoms with E-state index in [1.165, 1.54) is 6.07 Å². The van der Waals surface area contributed by atoms with Crippen LogP contribution in [0.3, 0.4) is 0 Å². The number of ether oxygens (including phenoxy) is 2. The second-order valence-electron chi connectivity index (χ2n) is 7.41. The fourth-order valence-corrected chi connectivity index (χ4v) is 3.34. The van der Waals surface area contributed by atoms with Gasteiger partial charge in [0.25, 0.3) is 0 Å². The van der Waals surface area contributed by atoms with Gasteiger partial charge in [0.15, 0.2) is 5.82 Å². The third-order valence-corrected chi connectivity index (χ3v) is 5.02. The van der Waals surface area contributed by atoms with E-state index >= 15 is 0 Å². The van der Waals surface area contributed by atoms with E-state index in [-0.39, 0.29) is 18.4 Å². The van der Waals surface area contributed by atoms with Gasteiger partial charge in [0.05, 0.1) is 12.3 Å². The third-order valence-electron chi connectivity index (χ3n) is 5.02. The average Bonchev–Trinajstić information content (AvgIpc) is 2.77. The van der Waals surface area contributed by atoms with Gasteiger partial charge >= 0.3 is 12.1 Å². The van der Waals surface area contributed by atoms with Crippen LogP contribution in [-0.4, -0.2) is 73.4 Å². The molecule has 0 saturated carbocycles. The van der Waals surface area contributed by atoms with E-state index in [1.807, 2.05) is 6.92 Å². The van der Waals surface area contributed by atoms with Gasteiger partial charge in [-0.1, -0.05) is 12.1 Å². The number of nitrogens with one attached hydrogen (secondary N) is 2. The van der Waals surface area contributed by atoms with Gasteiger partial charge in [0, 0.05) is 63.0 Å². The summed E-state index contributed by atoms with van der Waals surface area (Å²) in [4.78, 5) is 32.0. The highest BCUT2D eigenvalue weighted by Gasteiger charge is 2.23. The third kappa shape index (κ3) is 6.63. The summed E-state index contributed by atoms with van der Waals surface area (Å²) in [6.07, 6.45) is 1.22. The Morgan fingerprint density at radius 1 is 1.12 bits per heavy atom. The van der Waals surface area contributed by atoms with E-state index in [4.69, 9.17) is 9.47 Å². The Balaban J connectivity index is 1.52. The SMILES string of the molecule is COCCOC(=O)N1CCN(Cc2cccc(NC(=O)Nc3ccnc(C)c3)c2F)CC1. The molecule has 2 aromatic rings. The molecule has 1 aliphatic heterocycles. The standard InChI is InChI=1S/C22H28FN5O4/c1-16-14-18(6-7-24-16)25-21(29)26-19-5-3-4-17(20(19)23)15-27-8-10-28(11-9-27)22(30)32-13-12-31-2/h3-7,14H,8-13,15H2,1-2H3,(H2,24,25,26,29). The molecular weight excluding hydrogens is 417 g/mol. The molecule has 32 heavy (non-hydrogen) atoms. The molecule has 3 rings (SSSR count). The van der Waals surface area contributed by atoms with E-state index < -0.39 is 11.8 Å². The zero-order chi connectivity index (χ0) is 22.9. The van der Waals surface area contributed by atoms with Gasteiger partial charge < -0.3 is 25.0 Å². The van der Waals surface area contributed by atoms with Crippen LogP contribution >= 0.6 is 0 Å². The Labute approximate surface area is 186 Å². The number of amides is 3. The van der Waals surface area contributed by atoms with E-state index in [2.05, 4.69) is 20.5 Å².